The van der Waals surface area contributed by atoms with Crippen molar-refractivity contribution in [3.05, 3.63) is 60.1 Å². The van der Waals surface area contributed by atoms with Gasteiger partial charge in [0, 0.05) is 12.7 Å². The van der Waals surface area contributed by atoms with E-state index in [1.807, 2.05) is 35.9 Å². The van der Waals surface area contributed by atoms with Gasteiger partial charge < -0.3 is 14.6 Å². The average Bonchev–Trinajstić information content (AvgIpc) is 3.11. The first-order chi connectivity index (χ1) is 12.8. The summed E-state index contributed by atoms with van der Waals surface area (Å²) in [6.45, 7) is 0.103. The van der Waals surface area contributed by atoms with E-state index >= 15 is 0 Å². The minimum Gasteiger partial charge on any atom is -0.509 e. The van der Waals surface area contributed by atoms with E-state index in [0.717, 1.165) is 11.0 Å². The normalized spacial score (nSPS) is 15.2. The largest absolute Gasteiger partial charge is 0.509 e. The van der Waals surface area contributed by atoms with Crippen molar-refractivity contribution in [3.8, 4) is 0 Å². The molecule has 4 N–H and O–H groups in total. The van der Waals surface area contributed by atoms with Crippen molar-refractivity contribution in [3.63, 3.8) is 0 Å². The fourth-order valence-corrected chi connectivity index (χ4v) is 3.74. The van der Waals surface area contributed by atoms with Crippen LogP contribution >= 0.6 is 0 Å². The Bertz CT molecular complexity index is 1210. The zero-order valence-electron chi connectivity index (χ0n) is 14.4. The number of nitrogens with two attached hydrogens (primary N) is 1. The number of imidazole rings is 1. The third kappa shape index (κ3) is 2.77. The van der Waals surface area contributed by atoms with Crippen LogP contribution in [0.5, 0.6) is 0 Å². The number of sulfonamides is 1. The number of hydrogen-bond acceptors (Lipinski definition) is 5. The van der Waals surface area contributed by atoms with Crippen molar-refractivity contribution < 1.29 is 13.5 Å². The molecule has 0 unspecified atom stereocenters. The van der Waals surface area contributed by atoms with Crippen molar-refractivity contribution in [1.82, 2.24) is 9.55 Å². The minimum absolute atomic E-state index is 0.00951. The maximum Gasteiger partial charge on any atom is 0.238 e. The molecule has 0 spiro atoms. The van der Waals surface area contributed by atoms with Crippen LogP contribution in [0, 0.1) is 5.41 Å². The highest BCUT2D eigenvalue weighted by Gasteiger charge is 2.32. The summed E-state index contributed by atoms with van der Waals surface area (Å²) in [4.78, 5) is 6.12. The summed E-state index contributed by atoms with van der Waals surface area (Å²) in [7, 11) is -1.95. The highest BCUT2D eigenvalue weighted by atomic mass is 32.2. The maximum absolute atomic E-state index is 11.4. The number of nitrogens with one attached hydrogen (secondary N) is 1. The van der Waals surface area contributed by atoms with E-state index in [0.29, 0.717) is 17.1 Å². The molecule has 0 bridgehead atoms. The molecule has 2 aromatic carbocycles. The molecular formula is C18H17N5O3S. The molecule has 4 rings (SSSR count). The number of aryl methyl sites for hydroxylation is 1. The second kappa shape index (κ2) is 5.93. The molecule has 1 aromatic heterocycles. The summed E-state index contributed by atoms with van der Waals surface area (Å²) in [5.74, 6) is 0.630. The standard InChI is InChI=1S/C18H17N5O3S/c1-22-14-5-3-2-4-13(14)21-18(22)16-15(24)10-23(17(16)19)11-6-8-12(9-7-11)27(20,25)26/h2-9,19,24H,10H2,1H3,(H2,20,25,26). The van der Waals surface area contributed by atoms with Crippen LogP contribution in [0.3, 0.4) is 0 Å². The molecule has 138 valence electrons. The molecule has 0 fully saturated rings. The van der Waals surface area contributed by atoms with E-state index in [1.165, 1.54) is 12.1 Å². The van der Waals surface area contributed by atoms with Gasteiger partial charge >= 0.3 is 0 Å². The second-order valence-corrected chi connectivity index (χ2v) is 7.84. The number of aliphatic hydroxyl groups is 1. The number of aromatic nitrogens is 2. The molecule has 27 heavy (non-hydrogen) atoms. The fraction of sp³-hybridized carbons (Fsp3) is 0.111. The number of nitrogens with zero attached hydrogens (tertiary/aromatic N) is 3. The Morgan fingerprint density at radius 1 is 1.15 bits per heavy atom. The number of anilines is 1. The van der Waals surface area contributed by atoms with Gasteiger partial charge in [0.2, 0.25) is 10.0 Å². The number of aliphatic hydroxyl groups excluding tert-OH is 1. The van der Waals surface area contributed by atoms with Crippen LogP contribution in [0.15, 0.2) is 59.2 Å². The Labute approximate surface area is 155 Å². The van der Waals surface area contributed by atoms with Gasteiger partial charge in [-0.3, -0.25) is 5.41 Å². The number of fused-ring (bicyclic) bond motifs is 1. The average molecular weight is 383 g/mol. The predicted octanol–water partition coefficient (Wildman–Crippen LogP) is 1.99. The Hall–Kier alpha value is -3.17. The monoisotopic (exact) mass is 383 g/mol. The van der Waals surface area contributed by atoms with E-state index in [-0.39, 0.29) is 23.0 Å². The molecular weight excluding hydrogens is 366 g/mol. The summed E-state index contributed by atoms with van der Waals surface area (Å²) in [6, 6.07) is 13.4. The van der Waals surface area contributed by atoms with Crippen LogP contribution in [0.1, 0.15) is 5.82 Å². The lowest BCUT2D eigenvalue weighted by atomic mass is 10.2. The number of benzene rings is 2. The molecule has 0 amide bonds. The van der Waals surface area contributed by atoms with Gasteiger partial charge in [0.1, 0.15) is 17.4 Å². The van der Waals surface area contributed by atoms with Gasteiger partial charge in [-0.05, 0) is 36.4 Å². The van der Waals surface area contributed by atoms with E-state index in [1.54, 1.807) is 17.0 Å². The summed E-state index contributed by atoms with van der Waals surface area (Å²) in [5, 5.41) is 24.2. The number of amidine groups is 1. The van der Waals surface area contributed by atoms with Crippen LogP contribution in [0.4, 0.5) is 5.69 Å². The number of para-hydroxylation sites is 2. The van der Waals surface area contributed by atoms with Crippen molar-refractivity contribution in [2.45, 2.75) is 4.90 Å². The Morgan fingerprint density at radius 3 is 2.44 bits per heavy atom. The first-order valence-electron chi connectivity index (χ1n) is 8.10. The van der Waals surface area contributed by atoms with Gasteiger partial charge in [-0.2, -0.15) is 0 Å². The van der Waals surface area contributed by atoms with E-state index in [4.69, 9.17) is 10.5 Å². The molecule has 3 aromatic rings. The molecule has 0 saturated heterocycles. The highest BCUT2D eigenvalue weighted by Crippen LogP contribution is 2.32. The summed E-state index contributed by atoms with van der Waals surface area (Å²) in [6.07, 6.45) is 0. The molecule has 9 heteroatoms. The van der Waals surface area contributed by atoms with Crippen LogP contribution in [-0.4, -0.2) is 35.5 Å². The van der Waals surface area contributed by atoms with Gasteiger partial charge in [-0.25, -0.2) is 18.5 Å². The van der Waals surface area contributed by atoms with Crippen LogP contribution < -0.4 is 10.0 Å². The predicted molar refractivity (Wildman–Crippen MR) is 103 cm³/mol. The number of primary sulfonamides is 1. The zero-order valence-corrected chi connectivity index (χ0v) is 15.2. The van der Waals surface area contributed by atoms with Crippen molar-refractivity contribution >= 4 is 38.2 Å². The van der Waals surface area contributed by atoms with Gasteiger partial charge in [0.25, 0.3) is 0 Å². The van der Waals surface area contributed by atoms with E-state index < -0.39 is 10.0 Å². The molecule has 0 aliphatic carbocycles. The number of rotatable bonds is 3. The van der Waals surface area contributed by atoms with Gasteiger partial charge in [0.15, 0.2) is 0 Å². The molecule has 1 aliphatic heterocycles. The van der Waals surface area contributed by atoms with Gasteiger partial charge in [0.05, 0.1) is 28.0 Å². The quantitative estimate of drug-likeness (QED) is 0.638. The molecule has 1 aliphatic rings. The van der Waals surface area contributed by atoms with Crippen molar-refractivity contribution in [1.29, 1.82) is 5.41 Å². The number of hydrogen-bond donors (Lipinski definition) is 3. The fourth-order valence-electron chi connectivity index (χ4n) is 3.22. The third-order valence-corrected chi connectivity index (χ3v) is 5.52. The van der Waals surface area contributed by atoms with E-state index in [9.17, 15) is 13.5 Å². The molecule has 2 heterocycles. The molecule has 8 nitrogen and oxygen atoms in total. The third-order valence-electron chi connectivity index (χ3n) is 4.59. The first kappa shape index (κ1) is 17.3. The van der Waals surface area contributed by atoms with Crippen LogP contribution in [0.2, 0.25) is 0 Å². The minimum atomic E-state index is -3.79. The van der Waals surface area contributed by atoms with Gasteiger partial charge in [-0.1, -0.05) is 12.1 Å². The van der Waals surface area contributed by atoms with Gasteiger partial charge in [-0.15, -0.1) is 0 Å². The lowest BCUT2D eigenvalue weighted by Crippen LogP contribution is -2.26. The van der Waals surface area contributed by atoms with Crippen molar-refractivity contribution in [2.24, 2.45) is 12.2 Å². The van der Waals surface area contributed by atoms with E-state index in [2.05, 4.69) is 4.98 Å². The Balaban J connectivity index is 1.72. The molecule has 0 saturated carbocycles. The molecule has 0 atom stereocenters. The highest BCUT2D eigenvalue weighted by molar-refractivity contribution is 7.89. The maximum atomic E-state index is 11.4. The topological polar surface area (TPSA) is 125 Å². The Morgan fingerprint density at radius 2 is 1.81 bits per heavy atom. The van der Waals surface area contributed by atoms with Crippen LogP contribution in [-0.2, 0) is 17.1 Å². The summed E-state index contributed by atoms with van der Waals surface area (Å²) >= 11 is 0. The first-order valence-corrected chi connectivity index (χ1v) is 9.65. The lowest BCUT2D eigenvalue weighted by molar-refractivity contribution is 0.411. The smallest absolute Gasteiger partial charge is 0.238 e. The second-order valence-electron chi connectivity index (χ2n) is 6.28. The SMILES string of the molecule is Cn1c(C2=C(O)CN(c3ccc(S(N)(=O)=O)cc3)C2=N)nc2ccccc21. The lowest BCUT2D eigenvalue weighted by Gasteiger charge is -2.19. The Kier molecular flexibility index (Phi) is 3.79. The zero-order chi connectivity index (χ0) is 19.3. The van der Waals surface area contributed by atoms with Crippen molar-refractivity contribution in [2.75, 3.05) is 11.4 Å². The van der Waals surface area contributed by atoms with Crippen LogP contribution in [0.25, 0.3) is 16.6 Å². The molecule has 0 radical (unpaired) electrons. The summed E-state index contributed by atoms with van der Waals surface area (Å²) < 4.78 is 24.6. The summed E-state index contributed by atoms with van der Waals surface area (Å²) in [5.41, 5.74) is 2.60.